The largest absolute Gasteiger partial charge is 0.456 e. The summed E-state index contributed by atoms with van der Waals surface area (Å²) >= 11 is 0. The van der Waals surface area contributed by atoms with Crippen molar-refractivity contribution in [1.82, 2.24) is 0 Å². The number of furan rings is 1. The molecule has 2 aromatic carbocycles. The molecule has 0 aliphatic rings. The molecule has 0 fully saturated rings. The van der Waals surface area contributed by atoms with Gasteiger partial charge in [-0.25, -0.2) is 8.78 Å². The van der Waals surface area contributed by atoms with Gasteiger partial charge in [-0.15, -0.1) is 0 Å². The second kappa shape index (κ2) is 6.30. The van der Waals surface area contributed by atoms with Crippen LogP contribution in [0.3, 0.4) is 0 Å². The molecule has 22 heavy (non-hydrogen) atoms. The lowest BCUT2D eigenvalue weighted by molar-refractivity contribution is 0.507. The molecule has 114 valence electrons. The fourth-order valence-corrected chi connectivity index (χ4v) is 2.59. The maximum absolute atomic E-state index is 13.2. The summed E-state index contributed by atoms with van der Waals surface area (Å²) in [6.07, 6.45) is 4.72. The average molecular weight is 300 g/mol. The van der Waals surface area contributed by atoms with Gasteiger partial charge in [-0.3, -0.25) is 0 Å². The zero-order valence-corrected chi connectivity index (χ0v) is 12.5. The Morgan fingerprint density at radius 1 is 0.909 bits per heavy atom. The molecular weight excluding hydrogens is 282 g/mol. The van der Waals surface area contributed by atoms with E-state index in [0.29, 0.717) is 16.7 Å². The van der Waals surface area contributed by atoms with Crippen LogP contribution < -0.4 is 0 Å². The summed E-state index contributed by atoms with van der Waals surface area (Å²) in [6, 6.07) is 12.1. The smallest absolute Gasteiger partial charge is 0.162 e. The summed E-state index contributed by atoms with van der Waals surface area (Å²) in [5, 5.41) is 0.570. The van der Waals surface area contributed by atoms with Crippen molar-refractivity contribution in [2.75, 3.05) is 0 Å². The highest BCUT2D eigenvalue weighted by atomic mass is 19.2. The van der Waals surface area contributed by atoms with Crippen LogP contribution in [0, 0.1) is 11.6 Å². The summed E-state index contributed by atoms with van der Waals surface area (Å²) < 4.78 is 32.1. The Hall–Kier alpha value is -2.16. The minimum atomic E-state index is -0.889. The first kappa shape index (κ1) is 14.8. The zero-order chi connectivity index (χ0) is 15.5. The van der Waals surface area contributed by atoms with Gasteiger partial charge in [-0.1, -0.05) is 44.0 Å². The van der Waals surface area contributed by atoms with Crippen LogP contribution in [0.25, 0.3) is 22.3 Å². The predicted molar refractivity (Wildman–Crippen MR) is 84.8 cm³/mol. The van der Waals surface area contributed by atoms with Crippen molar-refractivity contribution in [1.29, 1.82) is 0 Å². The summed E-state index contributed by atoms with van der Waals surface area (Å²) in [7, 11) is 0. The quantitative estimate of drug-likeness (QED) is 0.518. The molecule has 1 aromatic heterocycles. The Morgan fingerprint density at radius 2 is 1.64 bits per heavy atom. The monoisotopic (exact) mass is 300 g/mol. The van der Waals surface area contributed by atoms with E-state index in [1.165, 1.54) is 24.8 Å². The molecule has 3 rings (SSSR count). The van der Waals surface area contributed by atoms with E-state index in [1.807, 2.05) is 12.1 Å². The summed E-state index contributed by atoms with van der Waals surface area (Å²) in [5.74, 6) is -1.12. The van der Waals surface area contributed by atoms with Crippen LogP contribution in [0.1, 0.15) is 31.7 Å². The van der Waals surface area contributed by atoms with Crippen molar-refractivity contribution in [2.45, 2.75) is 32.6 Å². The van der Waals surface area contributed by atoms with Gasteiger partial charge >= 0.3 is 0 Å². The van der Waals surface area contributed by atoms with Gasteiger partial charge in [0.25, 0.3) is 0 Å². The second-order valence-electron chi connectivity index (χ2n) is 5.57. The molecule has 1 heterocycles. The van der Waals surface area contributed by atoms with Gasteiger partial charge in [0.05, 0.1) is 0 Å². The molecule has 0 atom stereocenters. The highest BCUT2D eigenvalue weighted by Gasteiger charge is 2.10. The number of rotatable bonds is 5. The van der Waals surface area contributed by atoms with Gasteiger partial charge in [0.2, 0.25) is 0 Å². The van der Waals surface area contributed by atoms with Gasteiger partial charge in [0.15, 0.2) is 11.6 Å². The fourth-order valence-electron chi connectivity index (χ4n) is 2.59. The van der Waals surface area contributed by atoms with E-state index in [9.17, 15) is 8.78 Å². The first-order valence-corrected chi connectivity index (χ1v) is 7.65. The lowest BCUT2D eigenvalue weighted by atomic mass is 10.0. The van der Waals surface area contributed by atoms with E-state index in [1.54, 1.807) is 6.07 Å². The summed E-state index contributed by atoms with van der Waals surface area (Å²) in [6.45, 7) is 2.19. The standard InChI is InChI=1S/C19H18F2O/c1-2-3-4-5-13-6-8-14(9-7-13)18-11-15-10-16(20)17(21)12-19(15)22-18/h6-12H,2-5H2,1H3. The molecule has 0 saturated carbocycles. The van der Waals surface area contributed by atoms with E-state index in [2.05, 4.69) is 19.1 Å². The molecule has 1 nitrogen and oxygen atoms in total. The maximum Gasteiger partial charge on any atom is 0.162 e. The van der Waals surface area contributed by atoms with E-state index in [-0.39, 0.29) is 0 Å². The number of hydrogen-bond donors (Lipinski definition) is 0. The third-order valence-electron chi connectivity index (χ3n) is 3.87. The van der Waals surface area contributed by atoms with Crippen LogP contribution in [-0.4, -0.2) is 0 Å². The van der Waals surface area contributed by atoms with Gasteiger partial charge in [0, 0.05) is 17.0 Å². The highest BCUT2D eigenvalue weighted by molar-refractivity contribution is 5.83. The third kappa shape index (κ3) is 3.03. The molecule has 0 amide bonds. The van der Waals surface area contributed by atoms with Gasteiger partial charge in [0.1, 0.15) is 11.3 Å². The number of benzene rings is 2. The lowest BCUT2D eigenvalue weighted by Gasteiger charge is -2.02. The summed E-state index contributed by atoms with van der Waals surface area (Å²) in [5.41, 5.74) is 2.57. The Balaban J connectivity index is 1.84. The van der Waals surface area contributed by atoms with Crippen molar-refractivity contribution in [3.05, 3.63) is 59.7 Å². The van der Waals surface area contributed by atoms with Crippen molar-refractivity contribution in [2.24, 2.45) is 0 Å². The van der Waals surface area contributed by atoms with Crippen LogP contribution in [0.2, 0.25) is 0 Å². The normalized spacial score (nSPS) is 11.2. The van der Waals surface area contributed by atoms with Crippen LogP contribution in [0.4, 0.5) is 8.78 Å². The predicted octanol–water partition coefficient (Wildman–Crippen LogP) is 6.11. The Kier molecular flexibility index (Phi) is 4.23. The van der Waals surface area contributed by atoms with Crippen molar-refractivity contribution in [3.8, 4) is 11.3 Å². The van der Waals surface area contributed by atoms with Crippen molar-refractivity contribution < 1.29 is 13.2 Å². The van der Waals surface area contributed by atoms with Crippen LogP contribution in [0.5, 0.6) is 0 Å². The zero-order valence-electron chi connectivity index (χ0n) is 12.5. The first-order valence-electron chi connectivity index (χ1n) is 7.65. The van der Waals surface area contributed by atoms with Crippen molar-refractivity contribution in [3.63, 3.8) is 0 Å². The van der Waals surface area contributed by atoms with Crippen LogP contribution in [0.15, 0.2) is 46.9 Å². The molecule has 0 bridgehead atoms. The number of halogens is 2. The van der Waals surface area contributed by atoms with Crippen LogP contribution in [-0.2, 0) is 6.42 Å². The van der Waals surface area contributed by atoms with Crippen LogP contribution >= 0.6 is 0 Å². The molecular formula is C19H18F2O. The SMILES string of the molecule is CCCCCc1ccc(-c2cc3cc(F)c(F)cc3o2)cc1. The molecule has 0 N–H and O–H groups in total. The maximum atomic E-state index is 13.2. The average Bonchev–Trinajstić information content (AvgIpc) is 2.91. The highest BCUT2D eigenvalue weighted by Crippen LogP contribution is 2.29. The Labute approximate surface area is 128 Å². The number of aryl methyl sites for hydroxylation is 1. The molecule has 0 radical (unpaired) electrons. The number of hydrogen-bond acceptors (Lipinski definition) is 1. The van der Waals surface area contributed by atoms with Gasteiger partial charge in [-0.05, 0) is 30.5 Å². The van der Waals surface area contributed by atoms with Crippen molar-refractivity contribution >= 4 is 11.0 Å². The molecule has 0 aliphatic carbocycles. The van der Waals surface area contributed by atoms with E-state index in [4.69, 9.17) is 4.42 Å². The number of unbranched alkanes of at least 4 members (excludes halogenated alkanes) is 2. The number of fused-ring (bicyclic) bond motifs is 1. The fraction of sp³-hybridized carbons (Fsp3) is 0.263. The molecule has 0 spiro atoms. The van der Waals surface area contributed by atoms with E-state index in [0.717, 1.165) is 24.1 Å². The molecule has 3 aromatic rings. The van der Waals surface area contributed by atoms with E-state index >= 15 is 0 Å². The van der Waals surface area contributed by atoms with Gasteiger partial charge in [-0.2, -0.15) is 0 Å². The molecule has 0 saturated heterocycles. The molecule has 0 unspecified atom stereocenters. The minimum Gasteiger partial charge on any atom is -0.456 e. The Bertz CT molecular complexity index is 733. The molecule has 0 aliphatic heterocycles. The van der Waals surface area contributed by atoms with Gasteiger partial charge < -0.3 is 4.42 Å². The third-order valence-corrected chi connectivity index (χ3v) is 3.87. The summed E-state index contributed by atoms with van der Waals surface area (Å²) in [4.78, 5) is 0. The minimum absolute atomic E-state index is 0.362. The molecule has 3 heteroatoms. The Morgan fingerprint density at radius 3 is 2.36 bits per heavy atom. The van der Waals surface area contributed by atoms with E-state index < -0.39 is 11.6 Å². The first-order chi connectivity index (χ1) is 10.7. The lowest BCUT2D eigenvalue weighted by Crippen LogP contribution is -1.85. The second-order valence-corrected chi connectivity index (χ2v) is 5.57. The topological polar surface area (TPSA) is 13.1 Å².